The molecule has 0 amide bonds. The van der Waals surface area contributed by atoms with Gasteiger partial charge in [0.1, 0.15) is 5.75 Å². The molecular formula is C14H15F2NOS. The van der Waals surface area contributed by atoms with Crippen LogP contribution in [0.25, 0.3) is 0 Å². The van der Waals surface area contributed by atoms with Gasteiger partial charge in [0.15, 0.2) is 11.6 Å². The summed E-state index contributed by atoms with van der Waals surface area (Å²) in [5.74, 6) is -0.892. The van der Waals surface area contributed by atoms with Gasteiger partial charge in [-0.3, -0.25) is 0 Å². The molecule has 2 rings (SSSR count). The molecule has 2 nitrogen and oxygen atoms in total. The highest BCUT2D eigenvalue weighted by Gasteiger charge is 2.17. The minimum Gasteiger partial charge on any atom is -0.496 e. The average Bonchev–Trinajstić information content (AvgIpc) is 2.88. The second-order valence-corrected chi connectivity index (χ2v) is 5.00. The van der Waals surface area contributed by atoms with E-state index < -0.39 is 11.6 Å². The number of hydrogen-bond donors (Lipinski definition) is 1. The van der Waals surface area contributed by atoms with Gasteiger partial charge in [-0.1, -0.05) is 13.0 Å². The number of rotatable bonds is 5. The predicted octanol–water partition coefficient (Wildman–Crippen LogP) is 3.73. The van der Waals surface area contributed by atoms with Crippen LogP contribution in [0.2, 0.25) is 0 Å². The fourth-order valence-corrected chi connectivity index (χ4v) is 2.83. The van der Waals surface area contributed by atoms with E-state index in [1.807, 2.05) is 18.4 Å². The minimum atomic E-state index is -0.831. The first kappa shape index (κ1) is 14.0. The number of benzene rings is 1. The van der Waals surface area contributed by atoms with Gasteiger partial charge >= 0.3 is 0 Å². The van der Waals surface area contributed by atoms with Gasteiger partial charge < -0.3 is 10.1 Å². The van der Waals surface area contributed by atoms with Crippen LogP contribution in [0, 0.1) is 11.6 Å². The van der Waals surface area contributed by atoms with E-state index in [0.717, 1.165) is 23.2 Å². The second kappa shape index (κ2) is 6.12. The van der Waals surface area contributed by atoms with Crippen LogP contribution < -0.4 is 10.1 Å². The van der Waals surface area contributed by atoms with E-state index in [2.05, 4.69) is 5.32 Å². The van der Waals surface area contributed by atoms with E-state index in [1.165, 1.54) is 17.4 Å². The maximum atomic E-state index is 13.3. The molecule has 0 fully saturated rings. The van der Waals surface area contributed by atoms with Crippen LogP contribution in [-0.4, -0.2) is 13.7 Å². The van der Waals surface area contributed by atoms with E-state index >= 15 is 0 Å². The fourth-order valence-electron chi connectivity index (χ4n) is 1.87. The molecule has 1 aromatic heterocycles. The third-order valence-electron chi connectivity index (χ3n) is 2.80. The summed E-state index contributed by atoms with van der Waals surface area (Å²) in [4.78, 5) is 1.00. The molecule has 1 unspecified atom stereocenters. The van der Waals surface area contributed by atoms with Crippen molar-refractivity contribution in [3.63, 3.8) is 0 Å². The quantitative estimate of drug-likeness (QED) is 0.902. The largest absolute Gasteiger partial charge is 0.496 e. The lowest BCUT2D eigenvalue weighted by Crippen LogP contribution is -2.21. The number of ether oxygens (including phenoxy) is 1. The first-order valence-electron chi connectivity index (χ1n) is 5.96. The number of methoxy groups -OCH3 is 1. The summed E-state index contributed by atoms with van der Waals surface area (Å²) in [6.07, 6.45) is 0. The van der Waals surface area contributed by atoms with Crippen LogP contribution in [0.15, 0.2) is 29.6 Å². The Kier molecular flexibility index (Phi) is 4.50. The lowest BCUT2D eigenvalue weighted by molar-refractivity contribution is 0.416. The first-order valence-corrected chi connectivity index (χ1v) is 6.84. The Morgan fingerprint density at radius 3 is 2.63 bits per heavy atom. The monoisotopic (exact) mass is 283 g/mol. The topological polar surface area (TPSA) is 21.3 Å². The maximum absolute atomic E-state index is 13.3. The van der Waals surface area contributed by atoms with Gasteiger partial charge in [-0.25, -0.2) is 8.78 Å². The van der Waals surface area contributed by atoms with Crippen LogP contribution in [0.3, 0.4) is 0 Å². The summed E-state index contributed by atoms with van der Waals surface area (Å²) in [5, 5.41) is 5.15. The van der Waals surface area contributed by atoms with Gasteiger partial charge in [0, 0.05) is 10.3 Å². The van der Waals surface area contributed by atoms with Gasteiger partial charge in [-0.2, -0.15) is 0 Å². The molecule has 0 aliphatic rings. The molecule has 0 spiro atoms. The molecule has 1 heterocycles. The summed E-state index contributed by atoms with van der Waals surface area (Å²) in [6, 6.07) is 5.72. The van der Waals surface area contributed by atoms with E-state index in [-0.39, 0.29) is 6.04 Å². The zero-order valence-corrected chi connectivity index (χ0v) is 11.6. The van der Waals surface area contributed by atoms with Gasteiger partial charge in [0.05, 0.1) is 13.2 Å². The van der Waals surface area contributed by atoms with Gasteiger partial charge in [0.2, 0.25) is 0 Å². The van der Waals surface area contributed by atoms with E-state index in [9.17, 15) is 8.78 Å². The first-order chi connectivity index (χ1) is 9.15. The van der Waals surface area contributed by atoms with Gasteiger partial charge in [0.25, 0.3) is 0 Å². The van der Waals surface area contributed by atoms with Crippen molar-refractivity contribution < 1.29 is 13.5 Å². The van der Waals surface area contributed by atoms with Crippen molar-refractivity contribution >= 4 is 11.3 Å². The Hall–Kier alpha value is -1.46. The smallest absolute Gasteiger partial charge is 0.159 e. The average molecular weight is 283 g/mol. The molecule has 0 bridgehead atoms. The van der Waals surface area contributed by atoms with E-state index in [1.54, 1.807) is 13.2 Å². The fraction of sp³-hybridized carbons (Fsp3) is 0.286. The number of thiophene rings is 1. The van der Waals surface area contributed by atoms with Crippen molar-refractivity contribution in [1.82, 2.24) is 5.32 Å². The zero-order valence-electron chi connectivity index (χ0n) is 10.7. The molecule has 5 heteroatoms. The zero-order chi connectivity index (χ0) is 13.8. The lowest BCUT2D eigenvalue weighted by Gasteiger charge is -2.17. The van der Waals surface area contributed by atoms with E-state index in [0.29, 0.717) is 5.56 Å². The molecule has 19 heavy (non-hydrogen) atoms. The van der Waals surface area contributed by atoms with Crippen molar-refractivity contribution in [1.29, 1.82) is 0 Å². The third kappa shape index (κ3) is 3.11. The highest BCUT2D eigenvalue weighted by atomic mass is 32.1. The van der Waals surface area contributed by atoms with Gasteiger partial charge in [-0.15, -0.1) is 11.3 Å². The van der Waals surface area contributed by atoms with E-state index in [4.69, 9.17) is 4.74 Å². The molecule has 0 aliphatic carbocycles. The summed E-state index contributed by atoms with van der Waals surface area (Å²) in [5.41, 5.74) is 0.699. The van der Waals surface area contributed by atoms with Crippen molar-refractivity contribution in [3.05, 3.63) is 51.7 Å². The SMILES string of the molecule is CCNC(c1ccc(F)c(F)c1)c1cc(OC)cs1. The van der Waals surface area contributed by atoms with Crippen LogP contribution in [-0.2, 0) is 0 Å². The van der Waals surface area contributed by atoms with Crippen molar-refractivity contribution in [2.45, 2.75) is 13.0 Å². The molecule has 0 saturated carbocycles. The van der Waals surface area contributed by atoms with Crippen molar-refractivity contribution in [2.75, 3.05) is 13.7 Å². The Morgan fingerprint density at radius 1 is 1.26 bits per heavy atom. The summed E-state index contributed by atoms with van der Waals surface area (Å²) < 4.78 is 31.5. The molecule has 0 saturated heterocycles. The normalized spacial score (nSPS) is 12.4. The van der Waals surface area contributed by atoms with Crippen molar-refractivity contribution in [2.24, 2.45) is 0 Å². The Balaban J connectivity index is 2.35. The highest BCUT2D eigenvalue weighted by molar-refractivity contribution is 7.10. The third-order valence-corrected chi connectivity index (χ3v) is 3.78. The maximum Gasteiger partial charge on any atom is 0.159 e. The second-order valence-electron chi connectivity index (χ2n) is 4.05. The molecule has 102 valence electrons. The van der Waals surface area contributed by atoms with Crippen LogP contribution in [0.4, 0.5) is 8.78 Å². The highest BCUT2D eigenvalue weighted by Crippen LogP contribution is 2.31. The molecular weight excluding hydrogens is 268 g/mol. The number of nitrogens with one attached hydrogen (secondary N) is 1. The minimum absolute atomic E-state index is 0.158. The van der Waals surface area contributed by atoms with Gasteiger partial charge in [-0.05, 0) is 30.3 Å². The number of hydrogen-bond acceptors (Lipinski definition) is 3. The predicted molar refractivity (Wildman–Crippen MR) is 72.7 cm³/mol. The molecule has 1 atom stereocenters. The summed E-state index contributed by atoms with van der Waals surface area (Å²) >= 11 is 1.52. The number of halogens is 2. The molecule has 0 radical (unpaired) electrons. The molecule has 0 aliphatic heterocycles. The van der Waals surface area contributed by atoms with Crippen molar-refractivity contribution in [3.8, 4) is 5.75 Å². The van der Waals surface area contributed by atoms with Crippen LogP contribution in [0.1, 0.15) is 23.4 Å². The molecule has 2 aromatic rings. The summed E-state index contributed by atoms with van der Waals surface area (Å²) in [6.45, 7) is 2.70. The summed E-state index contributed by atoms with van der Waals surface area (Å²) in [7, 11) is 1.60. The lowest BCUT2D eigenvalue weighted by atomic mass is 10.0. The standard InChI is InChI=1S/C14H15F2NOS/c1-3-17-14(13-7-10(18-2)8-19-13)9-4-5-11(15)12(16)6-9/h4-8,14,17H,3H2,1-2H3. The van der Waals surface area contributed by atoms with Crippen LogP contribution in [0.5, 0.6) is 5.75 Å². The molecule has 1 aromatic carbocycles. The Bertz CT molecular complexity index is 556. The van der Waals surface area contributed by atoms with Crippen LogP contribution >= 0.6 is 11.3 Å². The Labute approximate surface area is 115 Å². The Morgan fingerprint density at radius 2 is 2.05 bits per heavy atom. The molecule has 1 N–H and O–H groups in total.